The Bertz CT molecular complexity index is 261. The lowest BCUT2D eigenvalue weighted by Crippen LogP contribution is -1.99. The van der Waals surface area contributed by atoms with Crippen LogP contribution in [0.5, 0.6) is 0 Å². The Kier molecular flexibility index (Phi) is 2.61. The van der Waals surface area contributed by atoms with E-state index in [0.29, 0.717) is 18.7 Å². The second-order valence-electron chi connectivity index (χ2n) is 2.13. The van der Waals surface area contributed by atoms with Crippen LogP contribution < -0.4 is 0 Å². The molecule has 0 atom stereocenters. The molecule has 3 nitrogen and oxygen atoms in total. The Morgan fingerprint density at radius 3 is 3.18 bits per heavy atom. The number of nitriles is 1. The van der Waals surface area contributed by atoms with Gasteiger partial charge < -0.3 is 4.57 Å². The average molecular weight is 153 g/mol. The summed E-state index contributed by atoms with van der Waals surface area (Å²) in [7, 11) is 0. The Hall–Kier alpha value is -1.37. The zero-order valence-corrected chi connectivity index (χ0v) is 6.00. The van der Waals surface area contributed by atoms with E-state index in [1.54, 1.807) is 4.57 Å². The number of aryl methyl sites for hydroxylation is 1. The quantitative estimate of drug-likeness (QED) is 0.652. The summed E-state index contributed by atoms with van der Waals surface area (Å²) in [6.07, 6.45) is 3.44. The fourth-order valence-corrected chi connectivity index (χ4v) is 0.822. The molecule has 0 N–H and O–H groups in total. The molecule has 0 bridgehead atoms. The maximum absolute atomic E-state index is 11.7. The highest BCUT2D eigenvalue weighted by Gasteiger charge is 1.98. The topological polar surface area (TPSA) is 41.6 Å². The second-order valence-corrected chi connectivity index (χ2v) is 2.13. The molecule has 0 aliphatic heterocycles. The van der Waals surface area contributed by atoms with E-state index in [-0.39, 0.29) is 6.67 Å². The van der Waals surface area contributed by atoms with Crippen molar-refractivity contribution in [3.05, 3.63) is 18.2 Å². The van der Waals surface area contributed by atoms with Crippen molar-refractivity contribution in [2.45, 2.75) is 13.0 Å². The van der Waals surface area contributed by atoms with E-state index >= 15 is 0 Å². The van der Waals surface area contributed by atoms with Crippen LogP contribution in [0.2, 0.25) is 0 Å². The lowest BCUT2D eigenvalue weighted by Gasteiger charge is -1.98. The van der Waals surface area contributed by atoms with Gasteiger partial charge in [0.05, 0.1) is 19.2 Å². The van der Waals surface area contributed by atoms with Crippen molar-refractivity contribution in [1.82, 2.24) is 9.55 Å². The van der Waals surface area contributed by atoms with Crippen molar-refractivity contribution in [3.8, 4) is 6.07 Å². The molecule has 0 saturated heterocycles. The van der Waals surface area contributed by atoms with Gasteiger partial charge in [0, 0.05) is 6.54 Å². The number of alkyl halides is 1. The predicted molar refractivity (Wildman–Crippen MR) is 37.5 cm³/mol. The molecule has 58 valence electrons. The summed E-state index contributed by atoms with van der Waals surface area (Å²) in [5.41, 5.74) is 0.485. The highest BCUT2D eigenvalue weighted by molar-refractivity contribution is 5.16. The van der Waals surface area contributed by atoms with E-state index in [9.17, 15) is 4.39 Å². The molecule has 1 aromatic rings. The van der Waals surface area contributed by atoms with Crippen LogP contribution in [0.15, 0.2) is 12.5 Å². The van der Waals surface area contributed by atoms with Crippen molar-refractivity contribution in [2.24, 2.45) is 0 Å². The summed E-state index contributed by atoms with van der Waals surface area (Å²) in [6.45, 7) is 0.169. The van der Waals surface area contributed by atoms with Gasteiger partial charge in [-0.05, 0) is 6.42 Å². The molecule has 0 aliphatic rings. The first kappa shape index (κ1) is 7.73. The maximum Gasteiger partial charge on any atom is 0.139 e. The molecule has 0 spiro atoms. The third-order valence-corrected chi connectivity index (χ3v) is 1.36. The second kappa shape index (κ2) is 3.71. The Morgan fingerprint density at radius 1 is 1.73 bits per heavy atom. The van der Waals surface area contributed by atoms with Crippen LogP contribution in [0.4, 0.5) is 4.39 Å². The Morgan fingerprint density at radius 2 is 2.55 bits per heavy atom. The first-order valence-electron chi connectivity index (χ1n) is 3.34. The molecule has 0 aromatic carbocycles. The summed E-state index contributed by atoms with van der Waals surface area (Å²) in [5, 5.41) is 8.50. The van der Waals surface area contributed by atoms with Gasteiger partial charge in [0.2, 0.25) is 0 Å². The van der Waals surface area contributed by atoms with Gasteiger partial charge in [0.25, 0.3) is 0 Å². The number of imidazole rings is 1. The fraction of sp³-hybridized carbons (Fsp3) is 0.429. The van der Waals surface area contributed by atoms with Gasteiger partial charge in [0.1, 0.15) is 11.8 Å². The van der Waals surface area contributed by atoms with Crippen LogP contribution in [0.25, 0.3) is 0 Å². The van der Waals surface area contributed by atoms with E-state index < -0.39 is 0 Å². The van der Waals surface area contributed by atoms with Gasteiger partial charge in [-0.25, -0.2) is 4.98 Å². The third-order valence-electron chi connectivity index (χ3n) is 1.36. The minimum absolute atomic E-state index is 0.358. The fourth-order valence-electron chi connectivity index (χ4n) is 0.822. The average Bonchev–Trinajstić information content (AvgIpc) is 2.47. The molecule has 0 aliphatic carbocycles. The molecule has 0 saturated carbocycles. The molecular weight excluding hydrogens is 145 g/mol. The molecule has 1 rings (SSSR count). The van der Waals surface area contributed by atoms with Gasteiger partial charge in [-0.3, -0.25) is 4.39 Å². The lowest BCUT2D eigenvalue weighted by molar-refractivity contribution is 0.446. The number of hydrogen-bond acceptors (Lipinski definition) is 2. The van der Waals surface area contributed by atoms with Crippen molar-refractivity contribution in [1.29, 1.82) is 5.26 Å². The minimum Gasteiger partial charge on any atom is -0.322 e. The SMILES string of the molecule is N#Cc1cncn1CCCF. The molecular formula is C7H8FN3. The van der Waals surface area contributed by atoms with Crippen LogP contribution in [0, 0.1) is 11.3 Å². The smallest absolute Gasteiger partial charge is 0.139 e. The highest BCUT2D eigenvalue weighted by Crippen LogP contribution is 1.98. The predicted octanol–water partition coefficient (Wildman–Crippen LogP) is 1.11. The van der Waals surface area contributed by atoms with E-state index in [1.165, 1.54) is 12.5 Å². The van der Waals surface area contributed by atoms with Gasteiger partial charge >= 0.3 is 0 Å². The molecule has 0 fully saturated rings. The number of aromatic nitrogens is 2. The molecule has 1 aromatic heterocycles. The largest absolute Gasteiger partial charge is 0.322 e. The molecule has 1 heterocycles. The van der Waals surface area contributed by atoms with E-state index in [1.807, 2.05) is 6.07 Å². The van der Waals surface area contributed by atoms with E-state index in [2.05, 4.69) is 4.98 Å². The summed E-state index contributed by atoms with van der Waals surface area (Å²) < 4.78 is 13.3. The van der Waals surface area contributed by atoms with Crippen molar-refractivity contribution >= 4 is 0 Å². The van der Waals surface area contributed by atoms with Gasteiger partial charge in [-0.15, -0.1) is 0 Å². The summed E-state index contributed by atoms with van der Waals surface area (Å²) in [5.74, 6) is 0. The monoisotopic (exact) mass is 153 g/mol. The standard InChI is InChI=1S/C7H8FN3/c8-2-1-3-11-6-10-5-7(11)4-9/h5-6H,1-3H2. The van der Waals surface area contributed by atoms with Crippen LogP contribution in [0.1, 0.15) is 12.1 Å². The lowest BCUT2D eigenvalue weighted by atomic mass is 10.4. The van der Waals surface area contributed by atoms with Gasteiger partial charge in [0.15, 0.2) is 0 Å². The number of hydrogen-bond donors (Lipinski definition) is 0. The number of nitrogens with zero attached hydrogens (tertiary/aromatic N) is 3. The van der Waals surface area contributed by atoms with Crippen molar-refractivity contribution in [3.63, 3.8) is 0 Å². The zero-order chi connectivity index (χ0) is 8.10. The molecule has 4 heteroatoms. The summed E-state index contributed by atoms with van der Waals surface area (Å²) in [6, 6.07) is 1.96. The first-order valence-corrected chi connectivity index (χ1v) is 3.34. The molecule has 11 heavy (non-hydrogen) atoms. The Labute approximate surface area is 64.1 Å². The highest BCUT2D eigenvalue weighted by atomic mass is 19.1. The van der Waals surface area contributed by atoms with Crippen LogP contribution >= 0.6 is 0 Å². The molecule has 0 amide bonds. The zero-order valence-electron chi connectivity index (χ0n) is 6.00. The first-order chi connectivity index (χ1) is 5.38. The number of rotatable bonds is 3. The molecule has 0 radical (unpaired) electrons. The van der Waals surface area contributed by atoms with Crippen molar-refractivity contribution < 1.29 is 4.39 Å². The van der Waals surface area contributed by atoms with Gasteiger partial charge in [-0.1, -0.05) is 0 Å². The number of halogens is 1. The maximum atomic E-state index is 11.7. The van der Waals surface area contributed by atoms with E-state index in [0.717, 1.165) is 0 Å². The Balaban J connectivity index is 2.63. The van der Waals surface area contributed by atoms with Crippen molar-refractivity contribution in [2.75, 3.05) is 6.67 Å². The third kappa shape index (κ3) is 1.77. The van der Waals surface area contributed by atoms with E-state index in [4.69, 9.17) is 5.26 Å². The van der Waals surface area contributed by atoms with Crippen LogP contribution in [-0.4, -0.2) is 16.2 Å². The summed E-state index contributed by atoms with van der Waals surface area (Å²) >= 11 is 0. The van der Waals surface area contributed by atoms with Crippen LogP contribution in [0.3, 0.4) is 0 Å². The van der Waals surface area contributed by atoms with Gasteiger partial charge in [-0.2, -0.15) is 5.26 Å². The van der Waals surface area contributed by atoms with Crippen LogP contribution in [-0.2, 0) is 6.54 Å². The minimum atomic E-state index is -0.358. The normalized spacial score (nSPS) is 9.45. The molecule has 0 unspecified atom stereocenters. The summed E-state index contributed by atoms with van der Waals surface area (Å²) in [4.78, 5) is 3.76.